The second kappa shape index (κ2) is 13.5. The lowest BCUT2D eigenvalue weighted by molar-refractivity contribution is 0.0939. The molecule has 1 aliphatic rings. The molecule has 0 bridgehead atoms. The first kappa shape index (κ1) is 30.4. The highest BCUT2D eigenvalue weighted by molar-refractivity contribution is 7.98. The standard InChI is InChI=1S/C35H41N5O2S/c1-25(27-11-7-6-8-12-27)36-33(41)28-13-9-10-26(22-28)24-43-34-37-31(35(2,3)4)23-32(38-34)40-20-18-39(19-21-40)29-14-16-30(42-5)17-15-29/h6-17,22-23,25H,18-21,24H2,1-5H3,(H,36,41). The maximum atomic E-state index is 13.0. The van der Waals surface area contributed by atoms with Crippen molar-refractivity contribution in [3.63, 3.8) is 0 Å². The van der Waals surface area contributed by atoms with E-state index in [1.807, 2.05) is 67.6 Å². The third kappa shape index (κ3) is 7.87. The normalized spacial score (nSPS) is 14.3. The van der Waals surface area contributed by atoms with Gasteiger partial charge in [0.25, 0.3) is 5.91 Å². The molecule has 224 valence electrons. The fourth-order valence-corrected chi connectivity index (χ4v) is 5.86. The molecule has 0 saturated carbocycles. The Balaban J connectivity index is 1.25. The maximum absolute atomic E-state index is 13.0. The van der Waals surface area contributed by atoms with Gasteiger partial charge in [0.15, 0.2) is 5.16 Å². The third-order valence-corrected chi connectivity index (χ3v) is 8.62. The molecule has 1 aliphatic heterocycles. The second-order valence-electron chi connectivity index (χ2n) is 11.9. The van der Waals surface area contributed by atoms with Crippen molar-refractivity contribution in [2.75, 3.05) is 43.1 Å². The van der Waals surface area contributed by atoms with Crippen molar-refractivity contribution in [3.05, 3.63) is 107 Å². The molecule has 1 atom stereocenters. The maximum Gasteiger partial charge on any atom is 0.251 e. The number of hydrogen-bond donors (Lipinski definition) is 1. The van der Waals surface area contributed by atoms with Gasteiger partial charge in [-0.25, -0.2) is 9.97 Å². The number of rotatable bonds is 9. The molecular weight excluding hydrogens is 554 g/mol. The first-order valence-corrected chi connectivity index (χ1v) is 15.8. The van der Waals surface area contributed by atoms with E-state index in [2.05, 4.69) is 60.2 Å². The molecule has 0 aliphatic carbocycles. The van der Waals surface area contributed by atoms with Crippen LogP contribution in [0.4, 0.5) is 11.5 Å². The second-order valence-corrected chi connectivity index (χ2v) is 12.9. The van der Waals surface area contributed by atoms with Gasteiger partial charge in [-0.15, -0.1) is 0 Å². The molecule has 5 rings (SSSR count). The molecule has 2 heterocycles. The van der Waals surface area contributed by atoms with Crippen LogP contribution < -0.4 is 19.9 Å². The van der Waals surface area contributed by atoms with Gasteiger partial charge in [-0.2, -0.15) is 0 Å². The Bertz CT molecular complexity index is 1510. The number of nitrogens with zero attached hydrogens (tertiary/aromatic N) is 4. The minimum absolute atomic E-state index is 0.0724. The van der Waals surface area contributed by atoms with E-state index in [4.69, 9.17) is 14.7 Å². The van der Waals surface area contributed by atoms with Crippen molar-refractivity contribution in [3.8, 4) is 5.75 Å². The predicted molar refractivity (Wildman–Crippen MR) is 176 cm³/mol. The van der Waals surface area contributed by atoms with E-state index in [0.717, 1.165) is 59.7 Å². The number of carbonyl (C=O) groups excluding carboxylic acids is 1. The Hall–Kier alpha value is -4.04. The largest absolute Gasteiger partial charge is 0.497 e. The van der Waals surface area contributed by atoms with E-state index >= 15 is 0 Å². The molecule has 1 amide bonds. The fraction of sp³-hybridized carbons (Fsp3) is 0.343. The smallest absolute Gasteiger partial charge is 0.251 e. The lowest BCUT2D eigenvalue weighted by Crippen LogP contribution is -2.47. The van der Waals surface area contributed by atoms with Crippen LogP contribution in [0.1, 0.15) is 60.9 Å². The number of benzene rings is 3. The first-order valence-electron chi connectivity index (χ1n) is 14.8. The first-order chi connectivity index (χ1) is 20.7. The Morgan fingerprint density at radius 2 is 1.60 bits per heavy atom. The van der Waals surface area contributed by atoms with E-state index < -0.39 is 0 Å². The average molecular weight is 596 g/mol. The minimum atomic E-state index is -0.106. The molecular formula is C35H41N5O2S. The van der Waals surface area contributed by atoms with Crippen LogP contribution in [0.3, 0.4) is 0 Å². The van der Waals surface area contributed by atoms with Gasteiger partial charge in [-0.3, -0.25) is 4.79 Å². The van der Waals surface area contributed by atoms with Gasteiger partial charge in [0, 0.05) is 54.7 Å². The lowest BCUT2D eigenvalue weighted by Gasteiger charge is -2.37. The number of ether oxygens (including phenoxy) is 1. The topological polar surface area (TPSA) is 70.6 Å². The lowest BCUT2D eigenvalue weighted by atomic mass is 9.92. The number of thioether (sulfide) groups is 1. The molecule has 8 heteroatoms. The highest BCUT2D eigenvalue weighted by Gasteiger charge is 2.23. The summed E-state index contributed by atoms with van der Waals surface area (Å²) in [5, 5.41) is 3.87. The molecule has 1 saturated heterocycles. The van der Waals surface area contributed by atoms with E-state index in [1.54, 1.807) is 18.9 Å². The average Bonchev–Trinajstić information content (AvgIpc) is 3.04. The number of anilines is 2. The van der Waals surface area contributed by atoms with Crippen molar-refractivity contribution in [1.29, 1.82) is 0 Å². The number of carbonyl (C=O) groups is 1. The Morgan fingerprint density at radius 3 is 2.28 bits per heavy atom. The number of methoxy groups -OCH3 is 1. The number of amides is 1. The van der Waals surface area contributed by atoms with Crippen LogP contribution in [0.5, 0.6) is 5.75 Å². The van der Waals surface area contributed by atoms with Crippen LogP contribution in [-0.4, -0.2) is 49.2 Å². The van der Waals surface area contributed by atoms with E-state index in [1.165, 1.54) is 5.69 Å². The van der Waals surface area contributed by atoms with Crippen LogP contribution in [0.15, 0.2) is 90.1 Å². The summed E-state index contributed by atoms with van der Waals surface area (Å²) in [7, 11) is 1.69. The van der Waals surface area contributed by atoms with Crippen molar-refractivity contribution in [2.45, 2.75) is 50.1 Å². The van der Waals surface area contributed by atoms with Crippen LogP contribution in [-0.2, 0) is 11.2 Å². The van der Waals surface area contributed by atoms with Gasteiger partial charge < -0.3 is 19.9 Å². The van der Waals surface area contributed by atoms with Crippen molar-refractivity contribution >= 4 is 29.2 Å². The Kier molecular flexibility index (Phi) is 9.56. The highest BCUT2D eigenvalue weighted by atomic mass is 32.2. The number of aromatic nitrogens is 2. The van der Waals surface area contributed by atoms with Crippen LogP contribution in [0, 0.1) is 0 Å². The zero-order chi connectivity index (χ0) is 30.4. The van der Waals surface area contributed by atoms with E-state index in [-0.39, 0.29) is 17.4 Å². The molecule has 43 heavy (non-hydrogen) atoms. The summed E-state index contributed by atoms with van der Waals surface area (Å²) < 4.78 is 5.31. The number of nitrogens with one attached hydrogen (secondary N) is 1. The molecule has 4 aromatic rings. The summed E-state index contributed by atoms with van der Waals surface area (Å²) in [6, 6.07) is 28.2. The number of hydrogen-bond acceptors (Lipinski definition) is 7. The zero-order valence-corrected chi connectivity index (χ0v) is 26.5. The highest BCUT2D eigenvalue weighted by Crippen LogP contribution is 2.30. The quantitative estimate of drug-likeness (QED) is 0.167. The van der Waals surface area contributed by atoms with E-state index in [9.17, 15) is 4.79 Å². The summed E-state index contributed by atoms with van der Waals surface area (Å²) in [5.74, 6) is 2.44. The van der Waals surface area contributed by atoms with Gasteiger partial charge in [-0.1, -0.05) is 75.0 Å². The van der Waals surface area contributed by atoms with Gasteiger partial charge in [-0.05, 0) is 54.4 Å². The van der Waals surface area contributed by atoms with Crippen LogP contribution in [0.25, 0.3) is 0 Å². The molecule has 1 unspecified atom stereocenters. The summed E-state index contributed by atoms with van der Waals surface area (Å²) in [6.45, 7) is 12.2. The van der Waals surface area contributed by atoms with Crippen LogP contribution >= 0.6 is 11.8 Å². The summed E-state index contributed by atoms with van der Waals surface area (Å²) >= 11 is 1.61. The van der Waals surface area contributed by atoms with Gasteiger partial charge >= 0.3 is 0 Å². The SMILES string of the molecule is COc1ccc(N2CCN(c3cc(C(C)(C)C)nc(SCc4cccc(C(=O)NC(C)c5ccccc5)c4)n3)CC2)cc1. The molecule has 3 aromatic carbocycles. The molecule has 7 nitrogen and oxygen atoms in total. The van der Waals surface area contributed by atoms with E-state index in [0.29, 0.717) is 11.3 Å². The minimum Gasteiger partial charge on any atom is -0.497 e. The molecule has 0 radical (unpaired) electrons. The molecule has 1 aromatic heterocycles. The number of piperazine rings is 1. The molecule has 1 N–H and O–H groups in total. The van der Waals surface area contributed by atoms with Crippen molar-refractivity contribution < 1.29 is 9.53 Å². The Morgan fingerprint density at radius 1 is 0.907 bits per heavy atom. The Labute approximate surface area is 259 Å². The predicted octanol–water partition coefficient (Wildman–Crippen LogP) is 6.89. The zero-order valence-electron chi connectivity index (χ0n) is 25.7. The van der Waals surface area contributed by atoms with Crippen molar-refractivity contribution in [1.82, 2.24) is 15.3 Å². The summed E-state index contributed by atoms with van der Waals surface area (Å²) in [6.07, 6.45) is 0. The van der Waals surface area contributed by atoms with Crippen LogP contribution in [0.2, 0.25) is 0 Å². The fourth-order valence-electron chi connectivity index (χ4n) is 5.07. The summed E-state index contributed by atoms with van der Waals surface area (Å²) in [5.41, 5.74) is 4.92. The molecule has 0 spiro atoms. The van der Waals surface area contributed by atoms with Gasteiger partial charge in [0.05, 0.1) is 18.8 Å². The summed E-state index contributed by atoms with van der Waals surface area (Å²) in [4.78, 5) is 27.7. The van der Waals surface area contributed by atoms with Gasteiger partial charge in [0.1, 0.15) is 11.6 Å². The van der Waals surface area contributed by atoms with Gasteiger partial charge in [0.2, 0.25) is 0 Å². The van der Waals surface area contributed by atoms with Crippen molar-refractivity contribution in [2.24, 2.45) is 0 Å². The monoisotopic (exact) mass is 595 g/mol. The molecule has 1 fully saturated rings. The third-order valence-electron chi connectivity index (χ3n) is 7.71.